The van der Waals surface area contributed by atoms with E-state index in [9.17, 15) is 22.8 Å². The Hall–Kier alpha value is -5.20. The number of amidine groups is 1. The van der Waals surface area contributed by atoms with Crippen molar-refractivity contribution in [3.63, 3.8) is 0 Å². The maximum atomic E-state index is 13.4. The molecule has 1 atom stereocenters. The van der Waals surface area contributed by atoms with Crippen molar-refractivity contribution >= 4 is 34.5 Å². The molecule has 2 aromatic carbocycles. The molecular weight excluding hydrogens is 541 g/mol. The summed E-state index contributed by atoms with van der Waals surface area (Å²) in [6.45, 7) is 0.396. The lowest BCUT2D eigenvalue weighted by Gasteiger charge is -2.17. The number of aryl methyl sites for hydroxylation is 1. The number of amides is 2. The molecule has 0 saturated heterocycles. The van der Waals surface area contributed by atoms with Crippen molar-refractivity contribution in [2.45, 2.75) is 25.2 Å². The summed E-state index contributed by atoms with van der Waals surface area (Å²) in [6.07, 6.45) is -1.13. The first kappa shape index (κ1) is 30.3. The normalized spacial score (nSPS) is 11.7. The van der Waals surface area contributed by atoms with Gasteiger partial charge in [0, 0.05) is 41.1 Å². The summed E-state index contributed by atoms with van der Waals surface area (Å²) >= 11 is 0. The minimum absolute atomic E-state index is 0.0178. The molecule has 1 unspecified atom stereocenters. The number of fused-ring (bicyclic) bond motifs is 1. The second kappa shape index (κ2) is 12.8. The molecule has 41 heavy (non-hydrogen) atoms. The number of nitrogens with two attached hydrogens (primary N) is 2. The number of carboxylic acids is 1. The maximum absolute atomic E-state index is 13.4. The Balaban J connectivity index is 0.000000587. The zero-order chi connectivity index (χ0) is 30.3. The molecule has 2 heterocycles. The first-order chi connectivity index (χ1) is 19.3. The van der Waals surface area contributed by atoms with Gasteiger partial charge in [0.15, 0.2) is 12.4 Å². The number of para-hydroxylation sites is 1. The van der Waals surface area contributed by atoms with Gasteiger partial charge in [0.2, 0.25) is 5.91 Å². The molecule has 0 fully saturated rings. The third kappa shape index (κ3) is 8.14. The third-order valence-corrected chi connectivity index (χ3v) is 5.94. The summed E-state index contributed by atoms with van der Waals surface area (Å²) in [7, 11) is 1.89. The summed E-state index contributed by atoms with van der Waals surface area (Å²) in [5.74, 6) is -4.01. The van der Waals surface area contributed by atoms with Gasteiger partial charge in [0.25, 0.3) is 5.91 Å². The van der Waals surface area contributed by atoms with Crippen LogP contribution in [0.15, 0.2) is 79.1 Å². The van der Waals surface area contributed by atoms with Crippen molar-refractivity contribution < 1.29 is 37.2 Å². The fourth-order valence-electron chi connectivity index (χ4n) is 4.05. The van der Waals surface area contributed by atoms with E-state index in [0.717, 1.165) is 22.0 Å². The Kier molecular flexibility index (Phi) is 9.45. The number of carboxylic acid groups (broad SMARTS) is 1. The topological polar surface area (TPSA) is 171 Å². The lowest BCUT2D eigenvalue weighted by molar-refractivity contribution is -0.671. The fourth-order valence-corrected chi connectivity index (χ4v) is 4.05. The highest BCUT2D eigenvalue weighted by atomic mass is 19.4. The van der Waals surface area contributed by atoms with Gasteiger partial charge in [-0.3, -0.25) is 15.0 Å². The third-order valence-electron chi connectivity index (χ3n) is 5.94. The fraction of sp³-hybridized carbons (Fsp3) is 0.179. The molecule has 13 heteroatoms. The number of halogens is 3. The van der Waals surface area contributed by atoms with Crippen molar-refractivity contribution in [3.8, 4) is 0 Å². The summed E-state index contributed by atoms with van der Waals surface area (Å²) in [5, 5.41) is 20.2. The molecule has 0 radical (unpaired) electrons. The van der Waals surface area contributed by atoms with Crippen molar-refractivity contribution in [2.75, 3.05) is 0 Å². The lowest BCUT2D eigenvalue weighted by atomic mass is 10.1. The minimum atomic E-state index is -5.19. The number of rotatable bonds is 8. The van der Waals surface area contributed by atoms with E-state index in [2.05, 4.69) is 5.32 Å². The molecular formula is C28H27F3N6O4. The molecule has 0 aliphatic carbocycles. The monoisotopic (exact) mass is 568 g/mol. The highest BCUT2D eigenvalue weighted by Crippen LogP contribution is 2.22. The van der Waals surface area contributed by atoms with Gasteiger partial charge in [0.1, 0.15) is 30.6 Å². The van der Waals surface area contributed by atoms with E-state index in [4.69, 9.17) is 26.8 Å². The van der Waals surface area contributed by atoms with Crippen LogP contribution in [-0.2, 0) is 29.6 Å². The van der Waals surface area contributed by atoms with Crippen molar-refractivity contribution in [1.29, 1.82) is 5.41 Å². The van der Waals surface area contributed by atoms with Crippen LogP contribution in [0.1, 0.15) is 27.2 Å². The van der Waals surface area contributed by atoms with Crippen LogP contribution in [0, 0.1) is 5.41 Å². The molecule has 4 aromatic rings. The van der Waals surface area contributed by atoms with Gasteiger partial charge in [-0.1, -0.05) is 36.4 Å². The second-order valence-electron chi connectivity index (χ2n) is 9.08. The molecule has 10 nitrogen and oxygen atoms in total. The number of primary amides is 1. The Morgan fingerprint density at radius 1 is 1.02 bits per heavy atom. The largest absolute Gasteiger partial charge is 0.542 e. The molecule has 214 valence electrons. The van der Waals surface area contributed by atoms with E-state index < -0.39 is 24.1 Å². The van der Waals surface area contributed by atoms with Crippen LogP contribution in [-0.4, -0.2) is 40.4 Å². The Morgan fingerprint density at radius 2 is 1.68 bits per heavy atom. The van der Waals surface area contributed by atoms with E-state index in [-0.39, 0.29) is 18.2 Å². The predicted molar refractivity (Wildman–Crippen MR) is 141 cm³/mol. The molecule has 0 saturated carbocycles. The molecule has 0 bridgehead atoms. The van der Waals surface area contributed by atoms with Gasteiger partial charge >= 0.3 is 6.18 Å². The molecule has 0 aliphatic rings. The average molecular weight is 569 g/mol. The maximum Gasteiger partial charge on any atom is 0.430 e. The van der Waals surface area contributed by atoms with Crippen molar-refractivity contribution in [1.82, 2.24) is 9.88 Å². The number of nitrogens with zero attached hydrogens (tertiary/aromatic N) is 2. The van der Waals surface area contributed by atoms with Crippen molar-refractivity contribution in [2.24, 2.45) is 18.5 Å². The summed E-state index contributed by atoms with van der Waals surface area (Å²) < 4.78 is 35.3. The number of benzene rings is 2. The predicted octanol–water partition coefficient (Wildman–Crippen LogP) is 0.923. The van der Waals surface area contributed by atoms with Crippen molar-refractivity contribution in [3.05, 3.63) is 102 Å². The van der Waals surface area contributed by atoms with Gasteiger partial charge in [-0.2, -0.15) is 13.2 Å². The van der Waals surface area contributed by atoms with E-state index in [1.54, 1.807) is 12.1 Å². The number of carbonyl (C=O) groups excluding carboxylic acids is 3. The standard InChI is InChI=1S/C26H26N6O2.C2HF3O2/c1-31-11-5-7-18(15-31)13-21(25(29)33)30-26(34)23-14-19-8-2-3-10-22(19)32(23)16-17-6-4-9-20(12-17)24(27)28;3-2(4,5)1(6)7/h2-12,14-15,21H,13,16H2,1H3,(H5-,27,28,29,30,33,34);(H,6,7). The smallest absolute Gasteiger partial charge is 0.430 e. The minimum Gasteiger partial charge on any atom is -0.542 e. The number of alkyl halides is 3. The number of nitrogens with one attached hydrogen (secondary N) is 2. The highest BCUT2D eigenvalue weighted by Gasteiger charge is 2.29. The molecule has 0 aliphatic heterocycles. The number of hydrogen-bond acceptors (Lipinski definition) is 5. The van der Waals surface area contributed by atoms with Gasteiger partial charge in [-0.25, -0.2) is 4.57 Å². The van der Waals surface area contributed by atoms with Crippen LogP contribution >= 0.6 is 0 Å². The zero-order valence-electron chi connectivity index (χ0n) is 21.8. The number of carbonyl (C=O) groups is 3. The number of nitrogen functional groups attached to an aromatic ring is 1. The van der Waals surface area contributed by atoms with Crippen LogP contribution in [0.3, 0.4) is 0 Å². The molecule has 2 aromatic heterocycles. The number of aliphatic carboxylic acids is 1. The zero-order valence-corrected chi connectivity index (χ0v) is 21.8. The van der Waals surface area contributed by atoms with Crippen LogP contribution in [0.2, 0.25) is 0 Å². The number of aromatic nitrogens is 2. The van der Waals surface area contributed by atoms with Gasteiger partial charge in [0.05, 0.1) is 0 Å². The SMILES string of the molecule is C[n+]1cccc(CC(NC(=O)c2cc3ccccc3n2Cc2cccc(C(=N)N)c2)C(N)=O)c1.O=C([O-])C(F)(F)F. The van der Waals surface area contributed by atoms with E-state index in [1.807, 2.05) is 83.2 Å². The summed E-state index contributed by atoms with van der Waals surface area (Å²) in [6, 6.07) is 19.8. The van der Waals surface area contributed by atoms with Crippen LogP contribution in [0.5, 0.6) is 0 Å². The Labute approximate surface area is 232 Å². The molecule has 4 rings (SSSR count). The average Bonchev–Trinajstić information content (AvgIpc) is 3.26. The van der Waals surface area contributed by atoms with Gasteiger partial charge in [-0.15, -0.1) is 0 Å². The molecule has 2 amide bonds. The highest BCUT2D eigenvalue weighted by molar-refractivity contribution is 6.01. The summed E-state index contributed by atoms with van der Waals surface area (Å²) in [4.78, 5) is 34.3. The molecule has 0 spiro atoms. The first-order valence-electron chi connectivity index (χ1n) is 12.1. The second-order valence-corrected chi connectivity index (χ2v) is 9.08. The Bertz CT molecular complexity index is 1600. The van der Waals surface area contributed by atoms with Gasteiger partial charge < -0.3 is 31.3 Å². The molecule has 6 N–H and O–H groups in total. The van der Waals surface area contributed by atoms with E-state index in [0.29, 0.717) is 17.8 Å². The quantitative estimate of drug-likeness (QED) is 0.140. The summed E-state index contributed by atoms with van der Waals surface area (Å²) in [5.41, 5.74) is 15.0. The number of hydrogen-bond donors (Lipinski definition) is 4. The number of pyridine rings is 1. The van der Waals surface area contributed by atoms with Crippen LogP contribution in [0.25, 0.3) is 10.9 Å². The van der Waals surface area contributed by atoms with Gasteiger partial charge in [-0.05, 0) is 29.8 Å². The van der Waals surface area contributed by atoms with Crippen LogP contribution in [0.4, 0.5) is 13.2 Å². The first-order valence-corrected chi connectivity index (χ1v) is 12.1. The van der Waals surface area contributed by atoms with Crippen LogP contribution < -0.4 is 26.5 Å². The van der Waals surface area contributed by atoms with E-state index in [1.165, 1.54) is 0 Å². The van der Waals surface area contributed by atoms with E-state index >= 15 is 0 Å². The lowest BCUT2D eigenvalue weighted by Crippen LogP contribution is -2.46. The Morgan fingerprint density at radius 3 is 2.29 bits per heavy atom.